The predicted octanol–water partition coefficient (Wildman–Crippen LogP) is 3.20. The van der Waals surface area contributed by atoms with Gasteiger partial charge in [0.15, 0.2) is 0 Å². The zero-order valence-electron chi connectivity index (χ0n) is 16.6. The molecule has 0 saturated carbocycles. The number of carbonyl (C=O) groups is 2. The summed E-state index contributed by atoms with van der Waals surface area (Å²) in [4.78, 5) is 23.6. The van der Waals surface area contributed by atoms with Crippen LogP contribution in [0.1, 0.15) is 21.9 Å². The molecule has 0 unspecified atom stereocenters. The quantitative estimate of drug-likeness (QED) is 0.411. The zero-order valence-corrected chi connectivity index (χ0v) is 17.4. The van der Waals surface area contributed by atoms with Crippen LogP contribution in [-0.2, 0) is 26.1 Å². The van der Waals surface area contributed by atoms with Crippen molar-refractivity contribution >= 4 is 33.7 Å². The van der Waals surface area contributed by atoms with Crippen molar-refractivity contribution in [2.45, 2.75) is 11.4 Å². The number of ether oxygens (including phenoxy) is 1. The van der Waals surface area contributed by atoms with Crippen molar-refractivity contribution < 1.29 is 27.2 Å². The molecule has 0 atom stereocenters. The average molecular weight is 440 g/mol. The van der Waals surface area contributed by atoms with Crippen LogP contribution in [0.3, 0.4) is 0 Å². The Kier molecular flexibility index (Phi) is 7.01. The van der Waals surface area contributed by atoms with Crippen LogP contribution in [0.5, 0.6) is 0 Å². The number of amides is 1. The van der Waals surface area contributed by atoms with E-state index >= 15 is 0 Å². The van der Waals surface area contributed by atoms with Gasteiger partial charge < -0.3 is 14.5 Å². The van der Waals surface area contributed by atoms with Gasteiger partial charge in [-0.1, -0.05) is 18.2 Å². The van der Waals surface area contributed by atoms with Crippen LogP contribution in [-0.4, -0.2) is 27.4 Å². The molecule has 3 aromatic rings. The molecule has 9 heteroatoms. The monoisotopic (exact) mass is 440 g/mol. The van der Waals surface area contributed by atoms with E-state index in [-0.39, 0.29) is 11.4 Å². The second-order valence-corrected chi connectivity index (χ2v) is 8.10. The van der Waals surface area contributed by atoms with Crippen LogP contribution in [0.15, 0.2) is 82.1 Å². The Morgan fingerprint density at radius 1 is 1.00 bits per heavy atom. The summed E-state index contributed by atoms with van der Waals surface area (Å²) in [5, 5.41) is 2.66. The number of benzene rings is 2. The SMILES string of the molecule is COC(=O)c1ccc(NC(=O)/C=C/c2ccc(CNS(=O)(=O)c3ccccc3)o2)cc1. The van der Waals surface area contributed by atoms with Crippen LogP contribution in [0.2, 0.25) is 0 Å². The molecular formula is C22H20N2O6S. The topological polar surface area (TPSA) is 115 Å². The number of furan rings is 1. The first-order valence-electron chi connectivity index (χ1n) is 9.18. The molecule has 0 radical (unpaired) electrons. The average Bonchev–Trinajstić information content (AvgIpc) is 3.25. The van der Waals surface area contributed by atoms with Crippen molar-refractivity contribution in [2.75, 3.05) is 12.4 Å². The lowest BCUT2D eigenvalue weighted by Gasteiger charge is -2.04. The minimum absolute atomic E-state index is 0.0240. The van der Waals surface area contributed by atoms with E-state index in [1.807, 2.05) is 0 Å². The van der Waals surface area contributed by atoms with Crippen molar-refractivity contribution in [3.8, 4) is 0 Å². The van der Waals surface area contributed by atoms with E-state index in [0.717, 1.165) is 0 Å². The summed E-state index contributed by atoms with van der Waals surface area (Å²) in [6.07, 6.45) is 2.75. The molecule has 1 aromatic heterocycles. The molecule has 2 aromatic carbocycles. The number of hydrogen-bond donors (Lipinski definition) is 2. The highest BCUT2D eigenvalue weighted by atomic mass is 32.2. The molecule has 0 aliphatic carbocycles. The summed E-state index contributed by atoms with van der Waals surface area (Å²) in [6.45, 7) is -0.0240. The maximum Gasteiger partial charge on any atom is 0.337 e. The minimum Gasteiger partial charge on any atom is -0.465 e. The van der Waals surface area contributed by atoms with Gasteiger partial charge >= 0.3 is 5.97 Å². The van der Waals surface area contributed by atoms with Crippen molar-refractivity contribution in [2.24, 2.45) is 0 Å². The van der Waals surface area contributed by atoms with Gasteiger partial charge in [0.05, 0.1) is 24.1 Å². The standard InChI is InChI=1S/C22H20N2O6S/c1-29-22(26)16-7-9-17(10-8-16)24-21(25)14-13-18-11-12-19(30-18)15-23-31(27,28)20-5-3-2-4-6-20/h2-14,23H,15H2,1H3,(H,24,25)/b14-13+. The number of anilines is 1. The molecule has 1 heterocycles. The summed E-state index contributed by atoms with van der Waals surface area (Å²) in [5.41, 5.74) is 0.889. The molecule has 1 amide bonds. The highest BCUT2D eigenvalue weighted by Crippen LogP contribution is 2.13. The Hall–Kier alpha value is -3.69. The van der Waals surface area contributed by atoms with Crippen LogP contribution < -0.4 is 10.0 Å². The first kappa shape index (κ1) is 22.0. The molecule has 0 aliphatic heterocycles. The number of carbonyl (C=O) groups excluding carboxylic acids is 2. The first-order chi connectivity index (χ1) is 14.9. The molecule has 8 nitrogen and oxygen atoms in total. The van der Waals surface area contributed by atoms with Crippen LogP contribution in [0.25, 0.3) is 6.08 Å². The maximum atomic E-state index is 12.2. The lowest BCUT2D eigenvalue weighted by Crippen LogP contribution is -2.22. The van der Waals surface area contributed by atoms with Crippen LogP contribution in [0.4, 0.5) is 5.69 Å². The van der Waals surface area contributed by atoms with E-state index in [1.165, 1.54) is 31.4 Å². The molecule has 0 spiro atoms. The second-order valence-electron chi connectivity index (χ2n) is 6.33. The largest absolute Gasteiger partial charge is 0.465 e. The van der Waals surface area contributed by atoms with Gasteiger partial charge in [-0.3, -0.25) is 4.79 Å². The number of hydrogen-bond acceptors (Lipinski definition) is 6. The van der Waals surface area contributed by atoms with Crippen molar-refractivity contribution in [1.29, 1.82) is 0 Å². The molecular weight excluding hydrogens is 420 g/mol. The van der Waals surface area contributed by atoms with E-state index in [1.54, 1.807) is 54.6 Å². The molecule has 0 fully saturated rings. The Labute approximate surface area is 179 Å². The fourth-order valence-corrected chi connectivity index (χ4v) is 3.59. The number of nitrogens with one attached hydrogen (secondary N) is 2. The Bertz CT molecular complexity index is 1180. The Morgan fingerprint density at radius 3 is 2.39 bits per heavy atom. The minimum atomic E-state index is -3.64. The van der Waals surface area contributed by atoms with Gasteiger partial charge in [-0.15, -0.1) is 0 Å². The molecule has 160 valence electrons. The summed E-state index contributed by atoms with van der Waals surface area (Å²) >= 11 is 0. The van der Waals surface area contributed by atoms with Crippen LogP contribution >= 0.6 is 0 Å². The molecule has 0 saturated heterocycles. The summed E-state index contributed by atoms with van der Waals surface area (Å²) in [5.74, 6) is -0.0611. The summed E-state index contributed by atoms with van der Waals surface area (Å²) in [7, 11) is -2.35. The second kappa shape index (κ2) is 9.88. The first-order valence-corrected chi connectivity index (χ1v) is 10.7. The maximum absolute atomic E-state index is 12.2. The molecule has 0 bridgehead atoms. The summed E-state index contributed by atoms with van der Waals surface area (Å²) in [6, 6.07) is 17.5. The van der Waals surface area contributed by atoms with Crippen molar-refractivity contribution in [3.63, 3.8) is 0 Å². The van der Waals surface area contributed by atoms with Gasteiger partial charge in [0.25, 0.3) is 0 Å². The third kappa shape index (κ3) is 6.14. The van der Waals surface area contributed by atoms with Crippen LogP contribution in [0, 0.1) is 0 Å². The Morgan fingerprint density at radius 2 is 1.71 bits per heavy atom. The summed E-state index contributed by atoms with van der Waals surface area (Å²) < 4.78 is 37.1. The van der Waals surface area contributed by atoms with E-state index < -0.39 is 21.9 Å². The van der Waals surface area contributed by atoms with Crippen molar-refractivity contribution in [3.05, 3.63) is 89.9 Å². The molecule has 3 rings (SSSR count). The van der Waals surface area contributed by atoms with Gasteiger partial charge in [0, 0.05) is 11.8 Å². The number of rotatable bonds is 8. The van der Waals surface area contributed by atoms with E-state index in [9.17, 15) is 18.0 Å². The zero-order chi connectivity index (χ0) is 22.3. The van der Waals surface area contributed by atoms with Gasteiger partial charge in [0.2, 0.25) is 15.9 Å². The lowest BCUT2D eigenvalue weighted by atomic mass is 10.2. The van der Waals surface area contributed by atoms with Gasteiger partial charge in [-0.2, -0.15) is 0 Å². The molecule has 0 aliphatic rings. The third-order valence-corrected chi connectivity index (χ3v) is 5.56. The van der Waals surface area contributed by atoms with E-state index in [0.29, 0.717) is 22.8 Å². The predicted molar refractivity (Wildman–Crippen MR) is 115 cm³/mol. The fraction of sp³-hybridized carbons (Fsp3) is 0.0909. The highest BCUT2D eigenvalue weighted by Gasteiger charge is 2.13. The molecule has 31 heavy (non-hydrogen) atoms. The van der Waals surface area contributed by atoms with Crippen molar-refractivity contribution in [1.82, 2.24) is 4.72 Å². The van der Waals surface area contributed by atoms with Gasteiger partial charge in [-0.05, 0) is 54.6 Å². The van der Waals surface area contributed by atoms with Gasteiger partial charge in [0.1, 0.15) is 11.5 Å². The highest BCUT2D eigenvalue weighted by molar-refractivity contribution is 7.89. The smallest absolute Gasteiger partial charge is 0.337 e. The number of sulfonamides is 1. The van der Waals surface area contributed by atoms with E-state index in [4.69, 9.17) is 4.42 Å². The Balaban J connectivity index is 1.54. The lowest BCUT2D eigenvalue weighted by molar-refractivity contribution is -0.111. The van der Waals surface area contributed by atoms with Gasteiger partial charge in [-0.25, -0.2) is 17.9 Å². The number of methoxy groups -OCH3 is 1. The molecule has 2 N–H and O–H groups in total. The normalized spacial score (nSPS) is 11.4. The third-order valence-electron chi connectivity index (χ3n) is 4.14. The van der Waals surface area contributed by atoms with E-state index in [2.05, 4.69) is 14.8 Å². The fourth-order valence-electron chi connectivity index (χ4n) is 2.58. The number of esters is 1.